The summed E-state index contributed by atoms with van der Waals surface area (Å²) in [5.41, 5.74) is 13.1. The van der Waals surface area contributed by atoms with Gasteiger partial charge in [-0.15, -0.1) is 0 Å². The van der Waals surface area contributed by atoms with E-state index < -0.39 is 10.2 Å². The van der Waals surface area contributed by atoms with E-state index in [0.29, 0.717) is 143 Å². The summed E-state index contributed by atoms with van der Waals surface area (Å²) in [6.45, 7) is 14.1. The number of likely N-dealkylation sites (tertiary alicyclic amines) is 3. The van der Waals surface area contributed by atoms with Crippen molar-refractivity contribution in [1.82, 2.24) is 59.3 Å². The van der Waals surface area contributed by atoms with Crippen LogP contribution >= 0.6 is 11.6 Å². The average Bonchev–Trinajstić information content (AvgIpc) is 0.799. The number of carbonyl (C=O) groups excluding carboxylic acids is 5. The molecule has 3 aromatic heterocycles. The predicted molar refractivity (Wildman–Crippen MR) is 462 cm³/mol. The van der Waals surface area contributed by atoms with Crippen LogP contribution in [-0.2, 0) is 9.59 Å². The summed E-state index contributed by atoms with van der Waals surface area (Å²) in [5.74, 6) is 3.17. The van der Waals surface area contributed by atoms with Crippen molar-refractivity contribution in [3.63, 3.8) is 0 Å². The first-order chi connectivity index (χ1) is 57.1. The summed E-state index contributed by atoms with van der Waals surface area (Å²) in [4.78, 5) is 114. The van der Waals surface area contributed by atoms with Crippen LogP contribution in [0.25, 0.3) is 0 Å². The van der Waals surface area contributed by atoms with Gasteiger partial charge in [-0.2, -0.15) is 15.0 Å². The number of hydrogen-bond acceptors (Lipinski definition) is 29. The van der Waals surface area contributed by atoms with E-state index in [-0.39, 0.29) is 53.6 Å². The van der Waals surface area contributed by atoms with Crippen LogP contribution in [0.3, 0.4) is 0 Å². The fraction of sp³-hybridized carbons (Fsp3) is 0.321. The highest BCUT2D eigenvalue weighted by atomic mass is 35.5. The van der Waals surface area contributed by atoms with Gasteiger partial charge in [0.05, 0.1) is 105 Å². The molecular formula is C84H102ClN21O13. The summed E-state index contributed by atoms with van der Waals surface area (Å²) in [5, 5.41) is 23.6. The molecule has 0 aliphatic carbocycles. The summed E-state index contributed by atoms with van der Waals surface area (Å²) in [7, 11) is 22.4. The van der Waals surface area contributed by atoms with Crippen molar-refractivity contribution >= 4 is 110 Å². The molecule has 628 valence electrons. The maximum Gasteiger partial charge on any atom is 0.294 e. The Balaban J connectivity index is 0.000000198. The van der Waals surface area contributed by atoms with E-state index in [1.54, 1.807) is 103 Å². The van der Waals surface area contributed by atoms with Crippen LogP contribution in [0, 0.1) is 10.1 Å². The Kier molecular flexibility index (Phi) is 32.7. The zero-order valence-corrected chi connectivity index (χ0v) is 69.5. The number of allylic oxidation sites excluding steroid dienone is 1. The highest BCUT2D eigenvalue weighted by molar-refractivity contribution is 6.66. The van der Waals surface area contributed by atoms with Gasteiger partial charge in [0.2, 0.25) is 46.6 Å². The molecule has 0 unspecified atom stereocenters. The van der Waals surface area contributed by atoms with Crippen LogP contribution < -0.4 is 70.1 Å². The Morgan fingerprint density at radius 3 is 1.12 bits per heavy atom. The summed E-state index contributed by atoms with van der Waals surface area (Å²) in [6.07, 6.45) is 6.52. The molecule has 34 nitrogen and oxygen atoms in total. The standard InChI is InChI=1S/C29H35N7O4.C26H31N7O5.C26H33N7O3.C3H3ClO/c1-6-26(37)31-22-16-23(25(39-5)17-24(22)35(4)15-14-34(2)3)32-29-30-13-12-27(33-29)40-21-18-36(19-21)28(38)20-10-8-7-9-11-20;1-30(2)12-13-31(3)21-15-23(37-4)20(14-22(21)33(35)36)28-26-27-11-10-24(29-26)38-19-16-32(17-19)25(34)18-8-6-5-7-9-18;1-31(2)12-13-32(3)22-15-23(35-4)21(14-20(22)27)29-26-28-11-10-24(30-26)36-19-16-33(17-19)25(34)18-8-6-5-7-9-18;1-2-3(4)5/h6-13,16-17,21H,1,14-15,18-19H2,2-5H3,(H,31,37)(H,30,32,33);5-11,14-15,19H,12-13,16-17H2,1-4H3,(H,27,28,29);5-11,14-15,19H,12-13,16-17,27H2,1-4H3,(H,28,29,30);2H,1H2. The molecule has 0 spiro atoms. The number of methoxy groups -OCH3 is 3. The van der Waals surface area contributed by atoms with Crippen LogP contribution in [0.15, 0.2) is 189 Å². The molecule has 6 aromatic carbocycles. The van der Waals surface area contributed by atoms with Gasteiger partial charge < -0.3 is 99.5 Å². The number of hydrogen-bond donors (Lipinski definition) is 5. The van der Waals surface area contributed by atoms with Crippen molar-refractivity contribution < 1.29 is 57.3 Å². The molecule has 0 atom stereocenters. The number of anilines is 11. The van der Waals surface area contributed by atoms with Gasteiger partial charge in [0.1, 0.15) is 41.2 Å². The number of ether oxygens (including phenoxy) is 6. The smallest absolute Gasteiger partial charge is 0.294 e. The lowest BCUT2D eigenvalue weighted by atomic mass is 10.1. The molecule has 3 saturated heterocycles. The highest BCUT2D eigenvalue weighted by Crippen LogP contribution is 2.41. The molecule has 12 rings (SSSR count). The second-order valence-corrected chi connectivity index (χ2v) is 28.7. The largest absolute Gasteiger partial charge is 0.494 e. The van der Waals surface area contributed by atoms with Crippen LogP contribution in [0.1, 0.15) is 31.1 Å². The van der Waals surface area contributed by atoms with Crippen LogP contribution in [0.2, 0.25) is 0 Å². The molecule has 3 aliphatic rings. The maximum absolute atomic E-state index is 12.6. The van der Waals surface area contributed by atoms with Crippen LogP contribution in [-0.4, -0.2) is 275 Å². The van der Waals surface area contributed by atoms with Crippen LogP contribution in [0.5, 0.6) is 34.9 Å². The van der Waals surface area contributed by atoms with Crippen LogP contribution in [0.4, 0.5) is 69.0 Å². The predicted octanol–water partition coefficient (Wildman–Crippen LogP) is 9.94. The average molecular weight is 1650 g/mol. The van der Waals surface area contributed by atoms with Gasteiger partial charge in [0, 0.05) is 138 Å². The van der Waals surface area contributed by atoms with Crippen molar-refractivity contribution in [1.29, 1.82) is 0 Å². The first kappa shape index (κ1) is 89.5. The lowest BCUT2D eigenvalue weighted by Crippen LogP contribution is -2.56. The van der Waals surface area contributed by atoms with Crippen molar-refractivity contribution in [3.05, 3.63) is 216 Å². The molecule has 6 heterocycles. The Morgan fingerprint density at radius 2 is 0.790 bits per heavy atom. The lowest BCUT2D eigenvalue weighted by molar-refractivity contribution is -0.384. The molecule has 3 aliphatic heterocycles. The number of benzene rings is 6. The second-order valence-electron chi connectivity index (χ2n) is 28.3. The van der Waals surface area contributed by atoms with Gasteiger partial charge in [-0.3, -0.25) is 34.1 Å². The minimum Gasteiger partial charge on any atom is -0.494 e. The SMILES string of the molecule is C=CC(=O)Cl.C=CC(=O)Nc1cc(Nc2nccc(OC3CN(C(=O)c4ccccc4)C3)n2)c(OC)cc1N(C)CCN(C)C.COc1cc(N(C)CCN(C)C)c(N)cc1Nc1nccc(OC2CN(C(=O)c3ccccc3)C2)n1.COc1cc(N(C)CCN(C)C)c([N+](=O)[O-])cc1Nc1nccc(OC2CN(C(=O)c3ccccc3)C2)n1. The molecule has 6 N–H and O–H groups in total. The number of nitro groups is 1. The van der Waals surface area contributed by atoms with Gasteiger partial charge in [-0.05, 0) is 115 Å². The zero-order valence-electron chi connectivity index (χ0n) is 68.8. The molecular weight excluding hydrogens is 1550 g/mol. The third-order valence-electron chi connectivity index (χ3n) is 18.6. The van der Waals surface area contributed by atoms with Gasteiger partial charge >= 0.3 is 0 Å². The van der Waals surface area contributed by atoms with Crippen molar-refractivity contribution in [3.8, 4) is 34.9 Å². The number of likely N-dealkylation sites (N-methyl/N-ethyl adjacent to an activating group) is 6. The van der Waals surface area contributed by atoms with E-state index in [9.17, 15) is 34.1 Å². The number of halogens is 1. The summed E-state index contributed by atoms with van der Waals surface area (Å²) >= 11 is 4.71. The summed E-state index contributed by atoms with van der Waals surface area (Å²) in [6, 6.07) is 42.9. The Hall–Kier alpha value is -13.4. The van der Waals surface area contributed by atoms with E-state index in [2.05, 4.69) is 79.0 Å². The third kappa shape index (κ3) is 26.0. The second kappa shape index (κ2) is 43.5. The van der Waals surface area contributed by atoms with Crippen molar-refractivity contribution in [2.24, 2.45) is 0 Å². The minimum absolute atomic E-state index is 0.000910. The Bertz CT molecular complexity index is 4930. The molecule has 35 heteroatoms. The van der Waals surface area contributed by atoms with Gasteiger partial charge in [0.15, 0.2) is 0 Å². The number of aromatic nitrogens is 6. The number of rotatable bonds is 34. The van der Waals surface area contributed by atoms with Gasteiger partial charge in [-0.25, -0.2) is 15.0 Å². The van der Waals surface area contributed by atoms with E-state index in [1.807, 2.05) is 156 Å². The van der Waals surface area contributed by atoms with E-state index >= 15 is 0 Å². The number of amides is 4. The first-order valence-corrected chi connectivity index (χ1v) is 38.2. The maximum atomic E-state index is 12.6. The number of nitro benzene ring substituents is 1. The molecule has 4 amide bonds. The van der Waals surface area contributed by atoms with E-state index in [0.717, 1.165) is 50.2 Å². The molecule has 0 saturated carbocycles. The number of nitrogens with zero attached hydrogens (tertiary/aromatic N) is 16. The number of nitrogens with two attached hydrogens (primary N) is 1. The van der Waals surface area contributed by atoms with E-state index in [4.69, 9.17) is 45.8 Å². The molecule has 0 bridgehead atoms. The fourth-order valence-electron chi connectivity index (χ4n) is 11.9. The monoisotopic (exact) mass is 1650 g/mol. The summed E-state index contributed by atoms with van der Waals surface area (Å²) < 4.78 is 34.7. The quantitative estimate of drug-likeness (QED) is 0.00822. The number of carbonyl (C=O) groups is 5. The van der Waals surface area contributed by atoms with Gasteiger partial charge in [-0.1, -0.05) is 67.8 Å². The fourth-order valence-corrected chi connectivity index (χ4v) is 11.9. The highest BCUT2D eigenvalue weighted by Gasteiger charge is 2.36. The lowest BCUT2D eigenvalue weighted by Gasteiger charge is -2.38. The number of nitrogen functional groups attached to an aromatic ring is 1. The normalized spacial score (nSPS) is 12.8. The minimum atomic E-state index is -0.509. The van der Waals surface area contributed by atoms with E-state index in [1.165, 1.54) is 25.4 Å². The third-order valence-corrected chi connectivity index (χ3v) is 18.8. The Morgan fingerprint density at radius 1 is 0.471 bits per heavy atom. The Labute approximate surface area is 697 Å². The molecule has 3 fully saturated rings. The van der Waals surface area contributed by atoms with Crippen molar-refractivity contribution in [2.75, 3.05) is 205 Å². The first-order valence-electron chi connectivity index (χ1n) is 37.8. The zero-order chi connectivity index (χ0) is 85.8. The molecule has 0 radical (unpaired) electrons. The number of nitrogens with one attached hydrogen (secondary N) is 4. The van der Waals surface area contributed by atoms with Crippen molar-refractivity contribution in [2.45, 2.75) is 18.3 Å². The molecule has 9 aromatic rings. The topological polar surface area (TPSA) is 365 Å². The molecule has 119 heavy (non-hydrogen) atoms. The van der Waals surface area contributed by atoms with Gasteiger partial charge in [0.25, 0.3) is 23.4 Å².